The lowest BCUT2D eigenvalue weighted by atomic mass is 10.0. The normalized spacial score (nSPS) is 16.2. The molecule has 0 bridgehead atoms. The van der Waals surface area contributed by atoms with Crippen LogP contribution in [0.4, 0.5) is 11.6 Å². The maximum absolute atomic E-state index is 8.69. The van der Waals surface area contributed by atoms with Crippen LogP contribution in [-0.4, -0.2) is 34.8 Å². The fourth-order valence-electron chi connectivity index (χ4n) is 3.40. The summed E-state index contributed by atoms with van der Waals surface area (Å²) < 4.78 is 5.82. The predicted molar refractivity (Wildman–Crippen MR) is 113 cm³/mol. The lowest BCUT2D eigenvalue weighted by Gasteiger charge is -2.29. The molecule has 0 spiro atoms. The molecule has 0 radical (unpaired) electrons. The number of hydrogen-bond donors (Lipinski definition) is 3. The van der Waals surface area contributed by atoms with Gasteiger partial charge in [0.1, 0.15) is 17.3 Å². The summed E-state index contributed by atoms with van der Waals surface area (Å²) in [5.41, 5.74) is 7.56. The van der Waals surface area contributed by atoms with Crippen molar-refractivity contribution in [1.82, 2.24) is 9.97 Å². The average Bonchev–Trinajstić information content (AvgIpc) is 2.75. The van der Waals surface area contributed by atoms with E-state index < -0.39 is 0 Å². The van der Waals surface area contributed by atoms with E-state index >= 15 is 0 Å². The van der Waals surface area contributed by atoms with E-state index in [-0.39, 0.29) is 17.6 Å². The summed E-state index contributed by atoms with van der Waals surface area (Å²) in [6.45, 7) is 2.07. The number of nitrogens with zero attached hydrogens (tertiary/aromatic N) is 3. The number of hydrogen-bond acceptors (Lipinski definition) is 5. The van der Waals surface area contributed by atoms with Gasteiger partial charge in [0.05, 0.1) is 18.8 Å². The van der Waals surface area contributed by atoms with Crippen molar-refractivity contribution in [3.05, 3.63) is 77.4 Å². The number of nitrogen functional groups attached to an aromatic ring is 1. The van der Waals surface area contributed by atoms with Crippen LogP contribution in [-0.2, 0) is 0 Å². The first-order chi connectivity index (χ1) is 14.2. The molecule has 3 aromatic rings. The number of benzene rings is 2. The van der Waals surface area contributed by atoms with Crippen LogP contribution >= 0.6 is 0 Å². The largest absolute Gasteiger partial charge is 0.457 e. The number of piperidine rings is 1. The molecule has 0 amide bonds. The minimum Gasteiger partial charge on any atom is -0.457 e. The molecule has 2 aromatic carbocycles. The highest BCUT2D eigenvalue weighted by Crippen LogP contribution is 2.31. The van der Waals surface area contributed by atoms with Crippen LogP contribution in [0, 0.1) is 5.41 Å². The van der Waals surface area contributed by atoms with E-state index in [9.17, 15) is 0 Å². The molecular weight excluding hydrogens is 364 g/mol. The third-order valence-corrected chi connectivity index (χ3v) is 4.92. The van der Waals surface area contributed by atoms with Crippen molar-refractivity contribution in [3.63, 3.8) is 0 Å². The first-order valence-electron chi connectivity index (χ1n) is 9.76. The second-order valence-corrected chi connectivity index (χ2v) is 7.01. The molecule has 7 heteroatoms. The predicted octanol–water partition coefficient (Wildman–Crippen LogP) is 3.00. The van der Waals surface area contributed by atoms with Crippen molar-refractivity contribution in [2.75, 3.05) is 18.8 Å². The highest BCUT2D eigenvalue weighted by molar-refractivity contribution is 6.16. The molecule has 1 aliphatic heterocycles. The van der Waals surface area contributed by atoms with Crippen molar-refractivity contribution < 1.29 is 10.1 Å². The van der Waals surface area contributed by atoms with Gasteiger partial charge >= 0.3 is 0 Å². The van der Waals surface area contributed by atoms with Gasteiger partial charge in [-0.3, -0.25) is 5.41 Å². The summed E-state index contributed by atoms with van der Waals surface area (Å²) in [6.07, 6.45) is 3.57. The van der Waals surface area contributed by atoms with E-state index in [1.165, 1.54) is 6.33 Å². The van der Waals surface area contributed by atoms with Gasteiger partial charge < -0.3 is 26.1 Å². The Labute approximate surface area is 169 Å². The molecule has 0 aliphatic carbocycles. The fourth-order valence-corrected chi connectivity index (χ4v) is 3.40. The van der Waals surface area contributed by atoms with Crippen LogP contribution in [0.2, 0.25) is 0 Å². The Balaban J connectivity index is 1.54. The maximum Gasteiger partial charge on any atom is 0.132 e. The molecule has 1 fully saturated rings. The fraction of sp³-hybridized carbons (Fsp3) is 0.227. The van der Waals surface area contributed by atoms with E-state index in [2.05, 4.69) is 15.3 Å². The minimum absolute atomic E-state index is 0.186. The van der Waals surface area contributed by atoms with E-state index in [0.29, 0.717) is 22.7 Å². The van der Waals surface area contributed by atoms with Gasteiger partial charge in [0.15, 0.2) is 0 Å². The molecule has 2 heterocycles. The lowest BCUT2D eigenvalue weighted by molar-refractivity contribution is -0.662. The van der Waals surface area contributed by atoms with E-state index in [1.54, 1.807) is 0 Å². The van der Waals surface area contributed by atoms with Crippen LogP contribution in [0.25, 0.3) is 5.32 Å². The van der Waals surface area contributed by atoms with Gasteiger partial charge in [0, 0.05) is 23.5 Å². The highest BCUT2D eigenvalue weighted by Gasteiger charge is 2.16. The number of quaternary nitrogens is 1. The second-order valence-electron chi connectivity index (χ2n) is 7.01. The smallest absolute Gasteiger partial charge is 0.132 e. The SMILES string of the molecule is N=C(c1ccc(Oc2ccccc2)cc1)c1c(N)ncnc1[N-]C1CCC[NH2+]C1. The molecule has 1 aromatic heterocycles. The zero-order chi connectivity index (χ0) is 20.1. The van der Waals surface area contributed by atoms with Gasteiger partial charge in [0.25, 0.3) is 0 Å². The molecule has 29 heavy (non-hydrogen) atoms. The van der Waals surface area contributed by atoms with Crippen LogP contribution in [0.15, 0.2) is 60.9 Å². The Hall–Kier alpha value is -3.45. The second kappa shape index (κ2) is 8.70. The first kappa shape index (κ1) is 18.9. The van der Waals surface area contributed by atoms with Gasteiger partial charge in [-0.15, -0.1) is 0 Å². The van der Waals surface area contributed by atoms with Crippen molar-refractivity contribution in [3.8, 4) is 11.5 Å². The Morgan fingerprint density at radius 1 is 1.07 bits per heavy atom. The number of anilines is 1. The zero-order valence-corrected chi connectivity index (χ0v) is 16.1. The van der Waals surface area contributed by atoms with E-state index in [0.717, 1.165) is 31.7 Å². The maximum atomic E-state index is 8.69. The number of para-hydroxylation sites is 1. The number of rotatable bonds is 6. The average molecular weight is 388 g/mol. The lowest BCUT2D eigenvalue weighted by Crippen LogP contribution is -2.88. The third-order valence-electron chi connectivity index (χ3n) is 4.92. The summed E-state index contributed by atoms with van der Waals surface area (Å²) >= 11 is 0. The Morgan fingerprint density at radius 3 is 2.55 bits per heavy atom. The zero-order valence-electron chi connectivity index (χ0n) is 16.1. The number of aromatic nitrogens is 2. The topological polar surface area (TPSA) is 116 Å². The quantitative estimate of drug-likeness (QED) is 0.563. The first-order valence-corrected chi connectivity index (χ1v) is 9.76. The summed E-state index contributed by atoms with van der Waals surface area (Å²) in [5, 5.41) is 15.7. The molecule has 1 atom stereocenters. The number of nitrogens with one attached hydrogen (secondary N) is 1. The van der Waals surface area contributed by atoms with E-state index in [4.69, 9.17) is 21.2 Å². The van der Waals surface area contributed by atoms with Crippen LogP contribution in [0.1, 0.15) is 24.0 Å². The summed E-state index contributed by atoms with van der Waals surface area (Å²) in [4.78, 5) is 8.40. The molecule has 7 nitrogen and oxygen atoms in total. The molecule has 0 saturated carbocycles. The molecule has 1 unspecified atom stereocenters. The van der Waals surface area contributed by atoms with Crippen molar-refractivity contribution in [2.24, 2.45) is 0 Å². The molecule has 4 rings (SSSR count). The van der Waals surface area contributed by atoms with Crippen LogP contribution < -0.4 is 15.8 Å². The number of ether oxygens (including phenoxy) is 1. The van der Waals surface area contributed by atoms with Crippen molar-refractivity contribution in [1.29, 1.82) is 5.41 Å². The standard InChI is InChI=1S/C22H23N6O/c23-20(15-8-10-18(11-9-15)29-17-6-2-1-3-7-17)19-21(24)26-14-27-22(19)28-16-5-4-12-25-13-16/h1-3,6-11,14,16,23,25H,4-5,12-13H2,(H2-,24,26,27,28)/q-1/p+1. The molecule has 148 valence electrons. The highest BCUT2D eigenvalue weighted by atomic mass is 16.5. The minimum atomic E-state index is 0.186. The van der Waals surface area contributed by atoms with Gasteiger partial charge in [-0.25, -0.2) is 4.98 Å². The van der Waals surface area contributed by atoms with E-state index in [1.807, 2.05) is 54.6 Å². The summed E-state index contributed by atoms with van der Waals surface area (Å²) in [7, 11) is 0. The van der Waals surface area contributed by atoms with Crippen molar-refractivity contribution in [2.45, 2.75) is 18.9 Å². The summed E-state index contributed by atoms with van der Waals surface area (Å²) in [6, 6.07) is 17.1. The molecule has 1 saturated heterocycles. The van der Waals surface area contributed by atoms with Crippen LogP contribution in [0.5, 0.6) is 11.5 Å². The Morgan fingerprint density at radius 2 is 1.83 bits per heavy atom. The van der Waals surface area contributed by atoms with Gasteiger partial charge in [-0.1, -0.05) is 18.2 Å². The number of nitrogens with two attached hydrogens (primary N) is 2. The molecule has 5 N–H and O–H groups in total. The van der Waals surface area contributed by atoms with Gasteiger partial charge in [0.2, 0.25) is 0 Å². The third kappa shape index (κ3) is 4.52. The molecular formula is C22H24N6O. The Bertz CT molecular complexity index is 968. The Kier molecular flexibility index (Phi) is 5.67. The van der Waals surface area contributed by atoms with Crippen LogP contribution in [0.3, 0.4) is 0 Å². The summed E-state index contributed by atoms with van der Waals surface area (Å²) in [5.74, 6) is 2.23. The van der Waals surface area contributed by atoms with Gasteiger partial charge in [-0.2, -0.15) is 0 Å². The monoisotopic (exact) mass is 388 g/mol. The molecule has 1 aliphatic rings. The van der Waals surface area contributed by atoms with Crippen molar-refractivity contribution >= 4 is 17.3 Å². The van der Waals surface area contributed by atoms with Gasteiger partial charge in [-0.05, 0) is 55.1 Å².